The molecule has 4 fully saturated rings. The summed E-state index contributed by atoms with van der Waals surface area (Å²) < 4.78 is 0. The largest absolute Gasteiger partial charge is 0.393 e. The van der Waals surface area contributed by atoms with E-state index in [1.165, 1.54) is 0 Å². The van der Waals surface area contributed by atoms with E-state index in [0.717, 1.165) is 44.9 Å². The van der Waals surface area contributed by atoms with E-state index < -0.39 is 0 Å². The number of hydrogen-bond acceptors (Lipinski definition) is 3. The number of hydrogen-bond donors (Lipinski definition) is 1. The quantitative estimate of drug-likeness (QED) is 0.795. The highest BCUT2D eigenvalue weighted by Gasteiger charge is 2.63. The Bertz CT molecular complexity index is 569. The van der Waals surface area contributed by atoms with Crippen molar-refractivity contribution in [1.82, 2.24) is 0 Å². The van der Waals surface area contributed by atoms with Crippen LogP contribution >= 0.6 is 0 Å². The Morgan fingerprint density at radius 2 is 1.83 bits per heavy atom. The number of rotatable bonds is 1. The predicted molar refractivity (Wildman–Crippen MR) is 92.3 cm³/mol. The van der Waals surface area contributed by atoms with E-state index in [9.17, 15) is 14.7 Å². The third-order valence-corrected chi connectivity index (χ3v) is 8.81. The zero-order valence-electron chi connectivity index (χ0n) is 15.4. The van der Waals surface area contributed by atoms with Gasteiger partial charge in [0.15, 0.2) is 0 Å². The molecule has 3 nitrogen and oxygen atoms in total. The fourth-order valence-electron chi connectivity index (χ4n) is 7.72. The van der Waals surface area contributed by atoms with Crippen molar-refractivity contribution in [1.29, 1.82) is 0 Å². The Morgan fingerprint density at radius 1 is 1.08 bits per heavy atom. The normalized spacial score (nSPS) is 53.9. The van der Waals surface area contributed by atoms with Gasteiger partial charge < -0.3 is 5.11 Å². The molecule has 0 aliphatic heterocycles. The van der Waals surface area contributed by atoms with Crippen LogP contribution in [0.1, 0.15) is 72.1 Å². The van der Waals surface area contributed by atoms with E-state index in [2.05, 4.69) is 13.8 Å². The number of aliphatic hydroxyl groups is 1. The first kappa shape index (κ1) is 16.8. The van der Waals surface area contributed by atoms with Gasteiger partial charge in [-0.25, -0.2) is 0 Å². The number of Topliss-reactive ketones (excluding diaryl/α,β-unsaturated/α-hetero) is 2. The van der Waals surface area contributed by atoms with Crippen LogP contribution in [0.25, 0.3) is 0 Å². The van der Waals surface area contributed by atoms with Crippen molar-refractivity contribution in [2.45, 2.75) is 78.2 Å². The topological polar surface area (TPSA) is 54.4 Å². The molecule has 0 amide bonds. The summed E-state index contributed by atoms with van der Waals surface area (Å²) in [6.45, 7) is 6.28. The molecule has 0 aromatic carbocycles. The van der Waals surface area contributed by atoms with Crippen LogP contribution < -0.4 is 0 Å². The summed E-state index contributed by atoms with van der Waals surface area (Å²) in [5.41, 5.74) is -0.0175. The molecular formula is C21H32O3. The van der Waals surface area contributed by atoms with Crippen LogP contribution in [0.15, 0.2) is 0 Å². The molecular weight excluding hydrogens is 300 g/mol. The van der Waals surface area contributed by atoms with Crippen LogP contribution in [0.4, 0.5) is 0 Å². The minimum absolute atomic E-state index is 0.0782. The van der Waals surface area contributed by atoms with E-state index >= 15 is 0 Å². The Hall–Kier alpha value is -0.700. The molecule has 3 heteroatoms. The first-order chi connectivity index (χ1) is 11.3. The predicted octanol–water partition coefficient (Wildman–Crippen LogP) is 3.77. The van der Waals surface area contributed by atoms with Crippen molar-refractivity contribution in [2.24, 2.45) is 40.4 Å². The van der Waals surface area contributed by atoms with E-state index in [4.69, 9.17) is 0 Å². The summed E-state index contributed by atoms with van der Waals surface area (Å²) in [7, 11) is 0. The second-order valence-electron chi connectivity index (χ2n) is 9.85. The number of aliphatic hydroxyl groups excluding tert-OH is 1. The number of fused-ring (bicyclic) bond motifs is 5. The van der Waals surface area contributed by atoms with Crippen molar-refractivity contribution < 1.29 is 14.7 Å². The molecule has 0 spiro atoms. The van der Waals surface area contributed by atoms with Gasteiger partial charge in [-0.15, -0.1) is 0 Å². The van der Waals surface area contributed by atoms with Crippen molar-refractivity contribution >= 4 is 11.6 Å². The van der Waals surface area contributed by atoms with Gasteiger partial charge in [-0.3, -0.25) is 9.59 Å². The molecule has 0 aromatic heterocycles. The molecule has 4 saturated carbocycles. The lowest BCUT2D eigenvalue weighted by atomic mass is 9.44. The maximum absolute atomic E-state index is 13.3. The molecule has 0 radical (unpaired) electrons. The fourth-order valence-corrected chi connectivity index (χ4v) is 7.72. The van der Waals surface area contributed by atoms with Gasteiger partial charge in [0, 0.05) is 18.3 Å². The number of carbonyl (C=O) groups is 2. The van der Waals surface area contributed by atoms with Gasteiger partial charge in [-0.1, -0.05) is 13.8 Å². The third-order valence-electron chi connectivity index (χ3n) is 8.81. The minimum Gasteiger partial charge on any atom is -0.393 e. The van der Waals surface area contributed by atoms with Crippen molar-refractivity contribution in [3.05, 3.63) is 0 Å². The van der Waals surface area contributed by atoms with Gasteiger partial charge in [0.1, 0.15) is 11.6 Å². The van der Waals surface area contributed by atoms with Gasteiger partial charge in [0.05, 0.1) is 6.10 Å². The lowest BCUT2D eigenvalue weighted by molar-refractivity contribution is -0.162. The molecule has 4 aliphatic rings. The van der Waals surface area contributed by atoms with Crippen LogP contribution in [0.2, 0.25) is 0 Å². The maximum Gasteiger partial charge on any atom is 0.137 e. The Kier molecular flexibility index (Phi) is 3.77. The molecule has 7 unspecified atom stereocenters. The van der Waals surface area contributed by atoms with Crippen LogP contribution in [0.5, 0.6) is 0 Å². The Morgan fingerprint density at radius 3 is 2.54 bits per heavy atom. The third kappa shape index (κ3) is 2.12. The van der Waals surface area contributed by atoms with E-state index in [1.54, 1.807) is 6.92 Å². The highest BCUT2D eigenvalue weighted by Crippen LogP contribution is 2.66. The lowest BCUT2D eigenvalue weighted by Gasteiger charge is -2.59. The smallest absolute Gasteiger partial charge is 0.137 e. The van der Waals surface area contributed by atoms with Crippen molar-refractivity contribution in [2.75, 3.05) is 0 Å². The molecule has 0 heterocycles. The second kappa shape index (κ2) is 5.40. The van der Waals surface area contributed by atoms with Crippen LogP contribution in [-0.2, 0) is 9.59 Å². The highest BCUT2D eigenvalue weighted by molar-refractivity contribution is 5.87. The summed E-state index contributed by atoms with van der Waals surface area (Å²) >= 11 is 0. The summed E-state index contributed by atoms with van der Waals surface area (Å²) in [6.07, 6.45) is 7.53. The van der Waals surface area contributed by atoms with E-state index in [0.29, 0.717) is 30.0 Å². The summed E-state index contributed by atoms with van der Waals surface area (Å²) in [5, 5.41) is 10.1. The molecule has 134 valence electrons. The van der Waals surface area contributed by atoms with Gasteiger partial charge in [0.2, 0.25) is 0 Å². The monoisotopic (exact) mass is 332 g/mol. The molecule has 8 atom stereocenters. The van der Waals surface area contributed by atoms with Gasteiger partial charge in [-0.2, -0.15) is 0 Å². The Balaban J connectivity index is 1.68. The minimum atomic E-state index is -0.169. The molecule has 4 aliphatic carbocycles. The average Bonchev–Trinajstić information content (AvgIpc) is 2.84. The zero-order valence-corrected chi connectivity index (χ0v) is 15.4. The molecule has 4 rings (SSSR count). The number of carbonyl (C=O) groups excluding carboxylic acids is 2. The lowest BCUT2D eigenvalue weighted by Crippen LogP contribution is -2.58. The molecule has 1 N–H and O–H groups in total. The summed E-state index contributed by atoms with van der Waals surface area (Å²) in [4.78, 5) is 25.5. The maximum atomic E-state index is 13.3. The first-order valence-corrected chi connectivity index (χ1v) is 9.98. The Labute approximate surface area is 145 Å². The average molecular weight is 332 g/mol. The molecule has 0 bridgehead atoms. The molecule has 0 aromatic rings. The standard InChI is InChI=1S/C21H32O3/c1-12(22)16-6-7-17-15-5-4-13-10-14(23)8-9-20(13,2)19(15)18(24)11-21(16,17)3/h13-17,19,23H,4-11H2,1-3H3/t13-,14?,15?,16?,17?,19?,20?,21?/m0/s1. The van der Waals surface area contributed by atoms with Crippen LogP contribution in [-0.4, -0.2) is 22.8 Å². The fraction of sp³-hybridized carbons (Fsp3) is 0.905. The number of ketones is 2. The SMILES string of the molecule is CC(=O)C1CCC2C3CC[C@H]4CC(O)CCC4(C)C3C(=O)CC12C. The summed E-state index contributed by atoms with van der Waals surface area (Å²) in [6, 6.07) is 0. The van der Waals surface area contributed by atoms with Gasteiger partial charge in [-0.05, 0) is 80.5 Å². The van der Waals surface area contributed by atoms with Gasteiger partial charge >= 0.3 is 0 Å². The van der Waals surface area contributed by atoms with E-state index in [-0.39, 0.29) is 34.6 Å². The highest BCUT2D eigenvalue weighted by atomic mass is 16.3. The first-order valence-electron chi connectivity index (χ1n) is 9.98. The zero-order chi connectivity index (χ0) is 17.3. The van der Waals surface area contributed by atoms with Crippen LogP contribution in [0.3, 0.4) is 0 Å². The summed E-state index contributed by atoms with van der Waals surface area (Å²) in [5.74, 6) is 2.48. The van der Waals surface area contributed by atoms with Gasteiger partial charge in [0.25, 0.3) is 0 Å². The molecule has 0 saturated heterocycles. The van der Waals surface area contributed by atoms with E-state index in [1.807, 2.05) is 0 Å². The van der Waals surface area contributed by atoms with Crippen LogP contribution in [0, 0.1) is 40.4 Å². The molecule has 24 heavy (non-hydrogen) atoms. The second-order valence-corrected chi connectivity index (χ2v) is 9.85. The van der Waals surface area contributed by atoms with Crippen molar-refractivity contribution in [3.8, 4) is 0 Å². The van der Waals surface area contributed by atoms with Crippen molar-refractivity contribution in [3.63, 3.8) is 0 Å².